The molecule has 2 aliphatic rings. The van der Waals surface area contributed by atoms with Gasteiger partial charge in [0.15, 0.2) is 11.5 Å². The fraction of sp³-hybridized carbons (Fsp3) is 0.462. The molecule has 0 aromatic heterocycles. The van der Waals surface area contributed by atoms with Crippen molar-refractivity contribution in [2.75, 3.05) is 33.1 Å². The molecular formula is C13H13BrN2O3. The largest absolute Gasteiger partial charge is 0.454 e. The van der Waals surface area contributed by atoms with E-state index >= 15 is 0 Å². The summed E-state index contributed by atoms with van der Waals surface area (Å²) in [5, 5.41) is 9.45. The zero-order valence-corrected chi connectivity index (χ0v) is 11.9. The minimum atomic E-state index is -0.283. The fourth-order valence-corrected chi connectivity index (χ4v) is 2.92. The Balaban J connectivity index is 1.91. The van der Waals surface area contributed by atoms with E-state index in [9.17, 15) is 5.26 Å². The maximum atomic E-state index is 9.45. The molecule has 0 saturated carbocycles. The molecule has 0 amide bonds. The van der Waals surface area contributed by atoms with Crippen molar-refractivity contribution in [2.45, 2.75) is 6.04 Å². The van der Waals surface area contributed by atoms with E-state index in [2.05, 4.69) is 26.9 Å². The zero-order chi connectivity index (χ0) is 13.2. The molecule has 1 aromatic carbocycles. The number of hydrogen-bond donors (Lipinski definition) is 0. The first-order valence-electron chi connectivity index (χ1n) is 6.10. The van der Waals surface area contributed by atoms with Crippen molar-refractivity contribution in [3.8, 4) is 17.6 Å². The standard InChI is InChI=1S/C13H13BrN2O3/c14-10-5-9(6-12-13(10)19-8-18-12)11(7-15)16-1-3-17-4-2-16/h5-6,11H,1-4,8H2. The summed E-state index contributed by atoms with van der Waals surface area (Å²) in [7, 11) is 0. The summed E-state index contributed by atoms with van der Waals surface area (Å²) in [5.41, 5.74) is 0.917. The van der Waals surface area contributed by atoms with Gasteiger partial charge in [-0.1, -0.05) is 0 Å². The lowest BCUT2D eigenvalue weighted by Crippen LogP contribution is -2.38. The average Bonchev–Trinajstić information content (AvgIpc) is 2.90. The van der Waals surface area contributed by atoms with Crippen molar-refractivity contribution in [3.63, 3.8) is 0 Å². The zero-order valence-electron chi connectivity index (χ0n) is 10.3. The summed E-state index contributed by atoms with van der Waals surface area (Å²) in [6, 6.07) is 5.89. The molecule has 1 aromatic rings. The van der Waals surface area contributed by atoms with Crippen molar-refractivity contribution >= 4 is 15.9 Å². The molecule has 3 rings (SSSR count). The number of fused-ring (bicyclic) bond motifs is 1. The molecule has 0 radical (unpaired) electrons. The Bertz CT molecular complexity index is 523. The Morgan fingerprint density at radius 2 is 2.05 bits per heavy atom. The number of ether oxygens (including phenoxy) is 3. The van der Waals surface area contributed by atoms with Gasteiger partial charge in [-0.3, -0.25) is 4.90 Å². The molecule has 1 fully saturated rings. The van der Waals surface area contributed by atoms with Crippen LogP contribution in [0.2, 0.25) is 0 Å². The smallest absolute Gasteiger partial charge is 0.231 e. The lowest BCUT2D eigenvalue weighted by Gasteiger charge is -2.30. The Morgan fingerprint density at radius 1 is 1.26 bits per heavy atom. The highest BCUT2D eigenvalue weighted by Gasteiger charge is 2.26. The van der Waals surface area contributed by atoms with E-state index in [1.165, 1.54) is 0 Å². The second-order valence-electron chi connectivity index (χ2n) is 4.42. The molecule has 0 N–H and O–H groups in total. The van der Waals surface area contributed by atoms with Crippen LogP contribution in [0.4, 0.5) is 0 Å². The molecule has 2 heterocycles. The van der Waals surface area contributed by atoms with Crippen LogP contribution in [0.25, 0.3) is 0 Å². The topological polar surface area (TPSA) is 54.7 Å². The number of benzene rings is 1. The molecule has 1 atom stereocenters. The van der Waals surface area contributed by atoms with Crippen LogP contribution >= 0.6 is 15.9 Å². The first-order valence-corrected chi connectivity index (χ1v) is 6.89. The second kappa shape index (κ2) is 5.37. The summed E-state index contributed by atoms with van der Waals surface area (Å²) >= 11 is 3.46. The van der Waals surface area contributed by atoms with Crippen LogP contribution in [0, 0.1) is 11.3 Å². The van der Waals surface area contributed by atoms with Gasteiger partial charge in [0, 0.05) is 13.1 Å². The Labute approximate surface area is 119 Å². The third-order valence-corrected chi connectivity index (χ3v) is 3.89. The van der Waals surface area contributed by atoms with Crippen molar-refractivity contribution in [1.82, 2.24) is 4.90 Å². The van der Waals surface area contributed by atoms with Gasteiger partial charge in [-0.25, -0.2) is 0 Å². The molecule has 0 aliphatic carbocycles. The Hall–Kier alpha value is -1.29. The molecule has 2 aliphatic heterocycles. The minimum absolute atomic E-state index is 0.228. The lowest BCUT2D eigenvalue weighted by molar-refractivity contribution is 0.0266. The summed E-state index contributed by atoms with van der Waals surface area (Å²) in [6.45, 7) is 3.11. The molecule has 1 unspecified atom stereocenters. The summed E-state index contributed by atoms with van der Waals surface area (Å²) in [6.07, 6.45) is 0. The van der Waals surface area contributed by atoms with Gasteiger partial charge in [-0.05, 0) is 33.6 Å². The molecule has 0 spiro atoms. The van der Waals surface area contributed by atoms with Crippen LogP contribution in [0.1, 0.15) is 11.6 Å². The minimum Gasteiger partial charge on any atom is -0.454 e. The summed E-state index contributed by atoms with van der Waals surface area (Å²) in [4.78, 5) is 2.12. The van der Waals surface area contributed by atoms with Crippen molar-refractivity contribution in [1.29, 1.82) is 5.26 Å². The molecule has 1 saturated heterocycles. The van der Waals surface area contributed by atoms with Crippen molar-refractivity contribution < 1.29 is 14.2 Å². The highest BCUT2D eigenvalue weighted by Crippen LogP contribution is 2.41. The predicted octanol–water partition coefficient (Wildman–Crippen LogP) is 2.07. The monoisotopic (exact) mass is 324 g/mol. The first kappa shape index (κ1) is 12.7. The van der Waals surface area contributed by atoms with Crippen LogP contribution < -0.4 is 9.47 Å². The van der Waals surface area contributed by atoms with Gasteiger partial charge >= 0.3 is 0 Å². The molecule has 6 heteroatoms. The van der Waals surface area contributed by atoms with Crippen LogP contribution in [0.3, 0.4) is 0 Å². The summed E-state index contributed by atoms with van der Waals surface area (Å²) < 4.78 is 16.9. The van der Waals surface area contributed by atoms with Gasteiger partial charge in [-0.2, -0.15) is 5.26 Å². The molecule has 100 valence electrons. The molecule has 19 heavy (non-hydrogen) atoms. The van der Waals surface area contributed by atoms with Crippen LogP contribution in [0.15, 0.2) is 16.6 Å². The van der Waals surface area contributed by atoms with Gasteiger partial charge < -0.3 is 14.2 Å². The summed E-state index contributed by atoms with van der Waals surface area (Å²) in [5.74, 6) is 1.40. The quantitative estimate of drug-likeness (QED) is 0.833. The maximum absolute atomic E-state index is 9.45. The Morgan fingerprint density at radius 3 is 2.79 bits per heavy atom. The highest BCUT2D eigenvalue weighted by atomic mass is 79.9. The van der Waals surface area contributed by atoms with Gasteiger partial charge in [0.1, 0.15) is 6.04 Å². The van der Waals surface area contributed by atoms with E-state index in [1.807, 2.05) is 12.1 Å². The van der Waals surface area contributed by atoms with Crippen molar-refractivity contribution in [2.24, 2.45) is 0 Å². The first-order chi connectivity index (χ1) is 9.29. The van der Waals surface area contributed by atoms with E-state index in [1.54, 1.807) is 0 Å². The van der Waals surface area contributed by atoms with E-state index < -0.39 is 0 Å². The third-order valence-electron chi connectivity index (χ3n) is 3.30. The SMILES string of the molecule is N#CC(c1cc(Br)c2c(c1)OCO2)N1CCOCC1. The van der Waals surface area contributed by atoms with E-state index in [4.69, 9.17) is 14.2 Å². The number of morpholine rings is 1. The molecular weight excluding hydrogens is 312 g/mol. The lowest BCUT2D eigenvalue weighted by atomic mass is 10.1. The Kier molecular flexibility index (Phi) is 3.60. The van der Waals surface area contributed by atoms with Crippen LogP contribution in [0.5, 0.6) is 11.5 Å². The molecule has 0 bridgehead atoms. The van der Waals surface area contributed by atoms with Crippen molar-refractivity contribution in [3.05, 3.63) is 22.2 Å². The predicted molar refractivity (Wildman–Crippen MR) is 71.0 cm³/mol. The number of hydrogen-bond acceptors (Lipinski definition) is 5. The molecule has 5 nitrogen and oxygen atoms in total. The highest BCUT2D eigenvalue weighted by molar-refractivity contribution is 9.10. The second-order valence-corrected chi connectivity index (χ2v) is 5.27. The van der Waals surface area contributed by atoms with E-state index in [-0.39, 0.29) is 12.8 Å². The number of rotatable bonds is 2. The fourth-order valence-electron chi connectivity index (χ4n) is 2.35. The van der Waals surface area contributed by atoms with Crippen LogP contribution in [-0.4, -0.2) is 38.0 Å². The maximum Gasteiger partial charge on any atom is 0.231 e. The average molecular weight is 325 g/mol. The number of nitriles is 1. The third kappa shape index (κ3) is 2.41. The van der Waals surface area contributed by atoms with Crippen LogP contribution in [-0.2, 0) is 4.74 Å². The number of halogens is 1. The normalized spacial score (nSPS) is 20.0. The van der Waals surface area contributed by atoms with Gasteiger partial charge in [0.2, 0.25) is 6.79 Å². The van der Waals surface area contributed by atoms with E-state index in [0.717, 1.165) is 23.1 Å². The van der Waals surface area contributed by atoms with Gasteiger partial charge in [0.25, 0.3) is 0 Å². The van der Waals surface area contributed by atoms with Gasteiger partial charge in [-0.15, -0.1) is 0 Å². The van der Waals surface area contributed by atoms with E-state index in [0.29, 0.717) is 24.7 Å². The van der Waals surface area contributed by atoms with Gasteiger partial charge in [0.05, 0.1) is 23.8 Å². The number of nitrogens with zero attached hydrogens (tertiary/aromatic N) is 2.